The van der Waals surface area contributed by atoms with Crippen molar-refractivity contribution in [2.24, 2.45) is 5.92 Å². The van der Waals surface area contributed by atoms with Crippen LogP contribution in [0.1, 0.15) is 20.6 Å². The van der Waals surface area contributed by atoms with Crippen LogP contribution in [0.4, 0.5) is 13.2 Å². The molecular formula is C15H11F3N4. The van der Waals surface area contributed by atoms with Gasteiger partial charge in [0.25, 0.3) is 0 Å². The molecule has 2 atom stereocenters. The van der Waals surface area contributed by atoms with Gasteiger partial charge in [0.05, 0.1) is 18.5 Å². The van der Waals surface area contributed by atoms with E-state index in [1.807, 2.05) is 0 Å². The zero-order valence-corrected chi connectivity index (χ0v) is 11.2. The summed E-state index contributed by atoms with van der Waals surface area (Å²) in [7, 11) is 0. The lowest BCUT2D eigenvalue weighted by Gasteiger charge is -2.09. The molecule has 0 saturated heterocycles. The largest absolute Gasteiger partial charge is 0.392 e. The van der Waals surface area contributed by atoms with Crippen LogP contribution < -0.4 is 0 Å². The van der Waals surface area contributed by atoms with Crippen molar-refractivity contribution in [1.29, 1.82) is 0 Å². The number of aromatic nitrogens is 4. The molecule has 112 valence electrons. The number of halogens is 3. The lowest BCUT2D eigenvalue weighted by molar-refractivity contribution is -0.148. The van der Waals surface area contributed by atoms with Crippen molar-refractivity contribution in [3.8, 4) is 11.3 Å². The quantitative estimate of drug-likeness (QED) is 0.728. The molecule has 2 unspecified atom stereocenters. The molecule has 3 heterocycles. The van der Waals surface area contributed by atoms with E-state index in [-0.39, 0.29) is 24.5 Å². The molecule has 22 heavy (non-hydrogen) atoms. The average molecular weight is 306 g/mol. The number of hydrogen-bond donors (Lipinski definition) is 0. The molecule has 0 aliphatic heterocycles. The Kier molecular flexibility index (Phi) is 2.30. The first kappa shape index (κ1) is 11.2. The van der Waals surface area contributed by atoms with E-state index < -0.39 is 18.0 Å². The van der Waals surface area contributed by atoms with Gasteiger partial charge in [0.2, 0.25) is 0 Å². The topological polar surface area (TPSA) is 43.1 Å². The van der Waals surface area contributed by atoms with E-state index in [1.54, 1.807) is 24.4 Å². The van der Waals surface area contributed by atoms with E-state index in [1.165, 1.54) is 10.7 Å². The highest BCUT2D eigenvalue weighted by Gasteiger charge is 2.56. The minimum absolute atomic E-state index is 0.0592. The summed E-state index contributed by atoms with van der Waals surface area (Å²) in [5.41, 5.74) is 1.79. The maximum atomic E-state index is 12.9. The molecule has 0 radical (unpaired) electrons. The number of hydrogen-bond acceptors (Lipinski definition) is 3. The second-order valence-electron chi connectivity index (χ2n) is 5.31. The summed E-state index contributed by atoms with van der Waals surface area (Å²) in [5, 5.41) is 4.33. The molecule has 1 aliphatic rings. The fraction of sp³-hybridized carbons (Fsp3) is 0.267. The van der Waals surface area contributed by atoms with Crippen molar-refractivity contribution in [3.63, 3.8) is 0 Å². The lowest BCUT2D eigenvalue weighted by Crippen LogP contribution is -2.11. The Labute approximate surface area is 126 Å². The molecule has 1 aliphatic carbocycles. The second-order valence-corrected chi connectivity index (χ2v) is 5.31. The highest BCUT2D eigenvalue weighted by atomic mass is 19.4. The van der Waals surface area contributed by atoms with Gasteiger partial charge in [0.15, 0.2) is 0 Å². The summed E-state index contributed by atoms with van der Waals surface area (Å²) in [6, 6.07) is 5.01. The predicted molar refractivity (Wildman–Crippen MR) is 73.1 cm³/mol. The number of rotatable bonds is 2. The molecule has 4 nitrogen and oxygen atoms in total. The Morgan fingerprint density at radius 2 is 2.18 bits per heavy atom. The van der Waals surface area contributed by atoms with Crippen LogP contribution in [0.25, 0.3) is 16.8 Å². The van der Waals surface area contributed by atoms with Gasteiger partial charge in [-0.15, -0.1) is 0 Å². The van der Waals surface area contributed by atoms with Gasteiger partial charge in [0.1, 0.15) is 7.67 Å². The monoisotopic (exact) mass is 306 g/mol. The molecule has 0 amide bonds. The molecule has 0 bridgehead atoms. The first-order chi connectivity index (χ1) is 11.3. The Balaban J connectivity index is 1.84. The summed E-state index contributed by atoms with van der Waals surface area (Å²) in [6.07, 6.45) is -1.67. The van der Waals surface area contributed by atoms with Crippen LogP contribution >= 0.6 is 0 Å². The summed E-state index contributed by atoms with van der Waals surface area (Å²) in [4.78, 5) is 7.39. The van der Waals surface area contributed by atoms with Crippen molar-refractivity contribution >= 4 is 5.52 Å². The predicted octanol–water partition coefficient (Wildman–Crippen LogP) is 3.46. The zero-order chi connectivity index (χ0) is 17.1. The maximum Gasteiger partial charge on any atom is 0.392 e. The number of nitrogens with zero attached hydrogens (tertiary/aromatic N) is 4. The van der Waals surface area contributed by atoms with E-state index in [4.69, 9.17) is 2.74 Å². The average Bonchev–Trinajstić information content (AvgIpc) is 3.17. The summed E-state index contributed by atoms with van der Waals surface area (Å²) in [6.45, 7) is 0. The van der Waals surface area contributed by atoms with Crippen LogP contribution in [-0.2, 0) is 0 Å². The van der Waals surface area contributed by atoms with Gasteiger partial charge in [-0.1, -0.05) is 0 Å². The first-order valence-corrected chi connectivity index (χ1v) is 6.70. The van der Waals surface area contributed by atoms with Gasteiger partial charge < -0.3 is 0 Å². The van der Waals surface area contributed by atoms with Crippen LogP contribution in [0.2, 0.25) is 0 Å². The fourth-order valence-corrected chi connectivity index (χ4v) is 2.74. The van der Waals surface area contributed by atoms with Crippen LogP contribution in [-0.4, -0.2) is 25.8 Å². The molecule has 0 N–H and O–H groups in total. The third-order valence-electron chi connectivity index (χ3n) is 3.90. The Morgan fingerprint density at radius 1 is 1.32 bits per heavy atom. The third-order valence-corrected chi connectivity index (χ3v) is 3.90. The van der Waals surface area contributed by atoms with Crippen molar-refractivity contribution < 1.29 is 15.9 Å². The normalized spacial score (nSPS) is 22.5. The summed E-state index contributed by atoms with van der Waals surface area (Å²) in [5.74, 6) is -1.94. The van der Waals surface area contributed by atoms with Crippen molar-refractivity contribution in [1.82, 2.24) is 19.6 Å². The molecule has 7 heteroatoms. The second kappa shape index (κ2) is 4.53. The van der Waals surface area contributed by atoms with Crippen LogP contribution in [0.5, 0.6) is 0 Å². The van der Waals surface area contributed by atoms with Crippen molar-refractivity contribution in [2.45, 2.75) is 18.5 Å². The van der Waals surface area contributed by atoms with E-state index in [0.717, 1.165) is 0 Å². The summed E-state index contributed by atoms with van der Waals surface area (Å²) >= 11 is 0. The molecule has 3 aromatic heterocycles. The maximum absolute atomic E-state index is 12.9. The molecule has 1 fully saturated rings. The highest BCUT2D eigenvalue weighted by molar-refractivity contribution is 5.65. The van der Waals surface area contributed by atoms with Gasteiger partial charge >= 0.3 is 6.18 Å². The molecule has 4 rings (SSSR count). The molecule has 0 aromatic carbocycles. The number of fused-ring (bicyclic) bond motifs is 1. The Hall–Kier alpha value is -2.44. The smallest absolute Gasteiger partial charge is 0.244 e. The number of alkyl halides is 3. The van der Waals surface area contributed by atoms with Gasteiger partial charge in [-0.25, -0.2) is 14.5 Å². The minimum atomic E-state index is -4.21. The van der Waals surface area contributed by atoms with Crippen LogP contribution in [0.3, 0.4) is 0 Å². The lowest BCUT2D eigenvalue weighted by atomic mass is 10.1. The molecule has 0 spiro atoms. The highest BCUT2D eigenvalue weighted by Crippen LogP contribution is 2.57. The SMILES string of the molecule is [2H]c1ncc(-c2cc(C3CC3C(F)(F)F)c3cccn3n2)c([2H])n1. The summed E-state index contributed by atoms with van der Waals surface area (Å²) < 4.78 is 55.5. The van der Waals surface area contributed by atoms with E-state index in [0.29, 0.717) is 16.8 Å². The van der Waals surface area contributed by atoms with Gasteiger partial charge in [-0.3, -0.25) is 0 Å². The van der Waals surface area contributed by atoms with E-state index in [9.17, 15) is 13.2 Å². The van der Waals surface area contributed by atoms with Crippen LogP contribution in [0, 0.1) is 5.92 Å². The Bertz CT molecular complexity index is 938. The van der Waals surface area contributed by atoms with Gasteiger partial charge in [-0.2, -0.15) is 18.3 Å². The zero-order valence-electron chi connectivity index (χ0n) is 13.2. The fourth-order valence-electron chi connectivity index (χ4n) is 2.74. The van der Waals surface area contributed by atoms with Crippen LogP contribution in [0.15, 0.2) is 43.1 Å². The first-order valence-electron chi connectivity index (χ1n) is 7.70. The molecular weight excluding hydrogens is 293 g/mol. The van der Waals surface area contributed by atoms with Gasteiger partial charge in [-0.05, 0) is 36.1 Å². The molecule has 3 aromatic rings. The third kappa shape index (κ3) is 2.13. The van der Waals surface area contributed by atoms with Crippen molar-refractivity contribution in [3.05, 3.63) is 48.6 Å². The Morgan fingerprint density at radius 3 is 2.91 bits per heavy atom. The standard InChI is InChI=1S/C15H11F3N4/c16-15(17,18)12-4-10(12)11-5-13(9-6-19-8-20-7-9)21-22-3-1-2-14(11)22/h1-3,5-8,10,12H,4H2/i6D,8D. The molecule has 1 saturated carbocycles. The van der Waals surface area contributed by atoms with Gasteiger partial charge in [0, 0.05) is 24.1 Å². The van der Waals surface area contributed by atoms with E-state index >= 15 is 0 Å². The van der Waals surface area contributed by atoms with Crippen molar-refractivity contribution in [2.75, 3.05) is 0 Å². The van der Waals surface area contributed by atoms with E-state index in [2.05, 4.69) is 15.1 Å². The minimum Gasteiger partial charge on any atom is -0.244 e.